The Bertz CT molecular complexity index is 2620. The zero-order valence-corrected chi connectivity index (χ0v) is 43.4. The summed E-state index contributed by atoms with van der Waals surface area (Å²) < 4.78 is 2.37. The first kappa shape index (κ1) is 50.8. The first-order valence-electron chi connectivity index (χ1n) is 27.6. The molecule has 0 bridgehead atoms. The molecule has 1 heterocycles. The van der Waals surface area contributed by atoms with Crippen molar-refractivity contribution in [3.63, 3.8) is 0 Å². The van der Waals surface area contributed by atoms with E-state index >= 15 is 0 Å². The van der Waals surface area contributed by atoms with Crippen LogP contribution in [0.4, 0.5) is 34.1 Å². The van der Waals surface area contributed by atoms with Crippen molar-refractivity contribution < 1.29 is 0 Å². The number of hydrogen-bond acceptors (Lipinski definition) is 3. The van der Waals surface area contributed by atoms with E-state index in [1.165, 1.54) is 136 Å². The second kappa shape index (κ2) is 26.0. The van der Waals surface area contributed by atoms with Crippen LogP contribution in [-0.4, -0.2) is 4.57 Å². The Labute approximate surface area is 427 Å². The minimum Gasteiger partial charge on any atom is -0.310 e. The fraction of sp³-hybridized carbons (Fsp3) is 0.358. The fourth-order valence-corrected chi connectivity index (χ4v) is 10.4. The molecule has 0 aliphatic heterocycles. The van der Waals surface area contributed by atoms with Crippen LogP contribution in [0.25, 0.3) is 27.5 Å². The Hall–Kier alpha value is -6.57. The minimum absolute atomic E-state index is 0.656. The molecule has 0 N–H and O–H groups in total. The van der Waals surface area contributed by atoms with Gasteiger partial charge in [0.1, 0.15) is 0 Å². The van der Waals surface area contributed by atoms with E-state index in [-0.39, 0.29) is 0 Å². The second-order valence-electron chi connectivity index (χ2n) is 20.0. The molecule has 0 aliphatic carbocycles. The van der Waals surface area contributed by atoms with E-state index in [4.69, 9.17) is 0 Å². The van der Waals surface area contributed by atoms with Crippen molar-refractivity contribution in [3.8, 4) is 11.8 Å². The average Bonchev–Trinajstić information content (AvgIpc) is 3.74. The van der Waals surface area contributed by atoms with Crippen LogP contribution in [0.3, 0.4) is 0 Å². The lowest BCUT2D eigenvalue weighted by Gasteiger charge is -2.26. The average molecular weight is 939 g/mol. The summed E-state index contributed by atoms with van der Waals surface area (Å²) in [5, 5.41) is 12.1. The van der Waals surface area contributed by atoms with Crippen molar-refractivity contribution in [2.75, 3.05) is 9.80 Å². The molecule has 1 aromatic heterocycles. The van der Waals surface area contributed by atoms with Gasteiger partial charge in [0.05, 0.1) is 22.7 Å². The largest absolute Gasteiger partial charge is 0.310 e. The quantitative estimate of drug-likeness (QED) is 0.0482. The molecule has 0 unspecified atom stereocenters. The molecule has 0 saturated carbocycles. The van der Waals surface area contributed by atoms with Crippen molar-refractivity contribution in [3.05, 3.63) is 186 Å². The van der Waals surface area contributed by atoms with E-state index < -0.39 is 0 Å². The monoisotopic (exact) mass is 939 g/mol. The van der Waals surface area contributed by atoms with Crippen molar-refractivity contribution >= 4 is 55.9 Å². The standard InChI is InChI=1S/C67H78N4/c1-5-9-13-17-21-52-25-35-57(36-26-52)69(58-37-27-53(28-38-58)22-18-14-10-6-2)62-45-47-66-64(49-62)65-50-63(46-48-67(65)71(66)61-43-33-56(51-68)34-44-61)70(59-39-29-54(30-40-59)23-19-15-11-7-3)60-41-31-55(32-42-60)24-20-16-12-8-4/h25-50H,5-24H2,1-4H3. The molecule has 4 heteroatoms. The first-order chi connectivity index (χ1) is 35.0. The van der Waals surface area contributed by atoms with E-state index in [0.29, 0.717) is 5.56 Å². The molecule has 0 spiro atoms. The maximum absolute atomic E-state index is 9.77. The molecule has 0 atom stereocenters. The molecule has 0 aliphatic rings. The van der Waals surface area contributed by atoms with Gasteiger partial charge in [-0.15, -0.1) is 0 Å². The van der Waals surface area contributed by atoms with E-state index in [9.17, 15) is 5.26 Å². The Morgan fingerprint density at radius 3 is 0.915 bits per heavy atom. The molecule has 0 saturated heterocycles. The number of anilines is 6. The van der Waals surface area contributed by atoms with Crippen molar-refractivity contribution in [1.29, 1.82) is 5.26 Å². The highest BCUT2D eigenvalue weighted by atomic mass is 15.1. The molecule has 8 rings (SSSR count). The number of hydrogen-bond donors (Lipinski definition) is 0. The molecule has 71 heavy (non-hydrogen) atoms. The highest BCUT2D eigenvalue weighted by molar-refractivity contribution is 6.12. The van der Waals surface area contributed by atoms with Gasteiger partial charge in [-0.2, -0.15) is 5.26 Å². The number of benzene rings is 7. The molecule has 7 aromatic carbocycles. The lowest BCUT2D eigenvalue weighted by molar-refractivity contribution is 0.667. The van der Waals surface area contributed by atoms with Crippen LogP contribution >= 0.6 is 0 Å². The summed E-state index contributed by atoms with van der Waals surface area (Å²) in [5.74, 6) is 0. The van der Waals surface area contributed by atoms with Gasteiger partial charge >= 0.3 is 0 Å². The number of fused-ring (bicyclic) bond motifs is 3. The van der Waals surface area contributed by atoms with Gasteiger partial charge in [0, 0.05) is 50.6 Å². The molecular weight excluding hydrogens is 861 g/mol. The summed E-state index contributed by atoms with van der Waals surface area (Å²) in [6, 6.07) is 61.6. The summed E-state index contributed by atoms with van der Waals surface area (Å²) in [6.45, 7) is 9.12. The van der Waals surface area contributed by atoms with Crippen LogP contribution < -0.4 is 9.80 Å². The highest BCUT2D eigenvalue weighted by Gasteiger charge is 2.21. The van der Waals surface area contributed by atoms with Gasteiger partial charge in [-0.3, -0.25) is 0 Å². The van der Waals surface area contributed by atoms with Crippen LogP contribution in [0.15, 0.2) is 158 Å². The molecule has 0 fully saturated rings. The van der Waals surface area contributed by atoms with Gasteiger partial charge < -0.3 is 14.4 Å². The van der Waals surface area contributed by atoms with Gasteiger partial charge in [-0.25, -0.2) is 0 Å². The zero-order chi connectivity index (χ0) is 49.2. The molecule has 366 valence electrons. The summed E-state index contributed by atoms with van der Waals surface area (Å²) in [6.07, 6.45) is 24.7. The van der Waals surface area contributed by atoms with Crippen LogP contribution in [-0.2, 0) is 25.7 Å². The lowest BCUT2D eigenvalue weighted by atomic mass is 10.0. The van der Waals surface area contributed by atoms with Gasteiger partial charge in [0.15, 0.2) is 0 Å². The van der Waals surface area contributed by atoms with Gasteiger partial charge in [0.2, 0.25) is 0 Å². The first-order valence-corrected chi connectivity index (χ1v) is 27.6. The van der Waals surface area contributed by atoms with E-state index in [1.54, 1.807) is 0 Å². The minimum atomic E-state index is 0.656. The van der Waals surface area contributed by atoms with E-state index in [1.807, 2.05) is 12.1 Å². The third-order valence-corrected chi connectivity index (χ3v) is 14.6. The maximum atomic E-state index is 9.77. The van der Waals surface area contributed by atoms with Gasteiger partial charge in [0.25, 0.3) is 0 Å². The predicted molar refractivity (Wildman–Crippen MR) is 306 cm³/mol. The van der Waals surface area contributed by atoms with Crippen LogP contribution in [0.1, 0.15) is 158 Å². The Kier molecular flexibility index (Phi) is 18.6. The number of aryl methyl sites for hydroxylation is 4. The predicted octanol–water partition coefficient (Wildman–Crippen LogP) is 20.1. The van der Waals surface area contributed by atoms with Crippen molar-refractivity contribution in [1.82, 2.24) is 4.57 Å². The number of unbranched alkanes of at least 4 members (excludes halogenated alkanes) is 12. The van der Waals surface area contributed by atoms with Gasteiger partial charge in [-0.1, -0.05) is 153 Å². The summed E-state index contributed by atoms with van der Waals surface area (Å²) >= 11 is 0. The second-order valence-corrected chi connectivity index (χ2v) is 20.0. The third kappa shape index (κ3) is 13.1. The van der Waals surface area contributed by atoms with Crippen LogP contribution in [0.5, 0.6) is 0 Å². The SMILES string of the molecule is CCCCCCc1ccc(N(c2ccc(CCCCCC)cc2)c2ccc3c(c2)c2cc(N(c4ccc(CCCCCC)cc4)c4ccc(CCCCCC)cc4)ccc2n3-c2ccc(C#N)cc2)cc1. The van der Waals surface area contributed by atoms with Gasteiger partial charge in [-0.05, 0) is 183 Å². The molecule has 0 radical (unpaired) electrons. The van der Waals surface area contributed by atoms with E-state index in [2.05, 4.69) is 194 Å². The topological polar surface area (TPSA) is 35.2 Å². The van der Waals surface area contributed by atoms with Crippen molar-refractivity contribution in [2.24, 2.45) is 0 Å². The normalized spacial score (nSPS) is 11.4. The molecule has 0 amide bonds. The number of nitrogens with zero attached hydrogens (tertiary/aromatic N) is 4. The summed E-state index contributed by atoms with van der Waals surface area (Å²) in [5.41, 5.74) is 16.4. The summed E-state index contributed by atoms with van der Waals surface area (Å²) in [4.78, 5) is 4.88. The number of rotatable bonds is 27. The van der Waals surface area contributed by atoms with E-state index in [0.717, 1.165) is 76.5 Å². The fourth-order valence-electron chi connectivity index (χ4n) is 10.4. The van der Waals surface area contributed by atoms with Crippen molar-refractivity contribution in [2.45, 2.75) is 156 Å². The molecule has 8 aromatic rings. The Morgan fingerprint density at radius 2 is 0.634 bits per heavy atom. The van der Waals surface area contributed by atoms with Crippen LogP contribution in [0, 0.1) is 11.3 Å². The lowest BCUT2D eigenvalue weighted by Crippen LogP contribution is -2.10. The van der Waals surface area contributed by atoms with Crippen LogP contribution in [0.2, 0.25) is 0 Å². The Morgan fingerprint density at radius 1 is 0.338 bits per heavy atom. The smallest absolute Gasteiger partial charge is 0.0991 e. The zero-order valence-electron chi connectivity index (χ0n) is 43.4. The Balaban J connectivity index is 1.25. The number of aromatic nitrogens is 1. The number of nitriles is 1. The maximum Gasteiger partial charge on any atom is 0.0991 e. The third-order valence-electron chi connectivity index (χ3n) is 14.6. The molecular formula is C67H78N4. The summed E-state index contributed by atoms with van der Waals surface area (Å²) in [7, 11) is 0. The molecule has 4 nitrogen and oxygen atoms in total. The highest BCUT2D eigenvalue weighted by Crippen LogP contribution is 2.43.